The van der Waals surface area contributed by atoms with Gasteiger partial charge in [0.2, 0.25) is 0 Å². The van der Waals surface area contributed by atoms with Crippen LogP contribution in [0.25, 0.3) is 0 Å². The molecule has 0 aliphatic heterocycles. The summed E-state index contributed by atoms with van der Waals surface area (Å²) >= 11 is 1.70. The van der Waals surface area contributed by atoms with Crippen molar-refractivity contribution in [2.75, 3.05) is 6.61 Å². The number of aliphatic hydroxyl groups excluding tert-OH is 1. The van der Waals surface area contributed by atoms with E-state index in [1.165, 1.54) is 4.88 Å². The molecule has 0 unspecified atom stereocenters. The number of hydrogen-bond donors (Lipinski definition) is 1. The number of thiazole rings is 1. The molecule has 2 rings (SSSR count). The smallest absolute Gasteiger partial charge is 0.119 e. The van der Waals surface area contributed by atoms with Gasteiger partial charge in [-0.05, 0) is 25.0 Å². The molecule has 1 aromatic carbocycles. The first-order chi connectivity index (χ1) is 9.33. The highest BCUT2D eigenvalue weighted by atomic mass is 32.1. The van der Waals surface area contributed by atoms with Crippen LogP contribution in [0, 0.1) is 0 Å². The van der Waals surface area contributed by atoms with E-state index in [2.05, 4.69) is 11.9 Å². The number of aryl methyl sites for hydroxylation is 2. The van der Waals surface area contributed by atoms with Crippen molar-refractivity contribution >= 4 is 11.3 Å². The molecule has 1 N–H and O–H groups in total. The van der Waals surface area contributed by atoms with Crippen molar-refractivity contribution in [2.45, 2.75) is 32.8 Å². The van der Waals surface area contributed by atoms with Gasteiger partial charge in [0, 0.05) is 11.3 Å². The monoisotopic (exact) mass is 277 g/mol. The highest BCUT2D eigenvalue weighted by Gasteiger charge is 2.08. The second kappa shape index (κ2) is 7.26. The van der Waals surface area contributed by atoms with Crippen molar-refractivity contribution in [3.05, 3.63) is 45.9 Å². The summed E-state index contributed by atoms with van der Waals surface area (Å²) in [7, 11) is 0. The Morgan fingerprint density at radius 2 is 2.05 bits per heavy atom. The van der Waals surface area contributed by atoms with Gasteiger partial charge in [-0.25, -0.2) is 4.98 Å². The fourth-order valence-corrected chi connectivity index (χ4v) is 2.93. The zero-order chi connectivity index (χ0) is 13.5. The van der Waals surface area contributed by atoms with Gasteiger partial charge in [-0.2, -0.15) is 0 Å². The summed E-state index contributed by atoms with van der Waals surface area (Å²) in [6, 6.07) is 9.84. The maximum atomic E-state index is 9.20. The first-order valence-electron chi connectivity index (χ1n) is 6.59. The number of aromatic nitrogens is 1. The van der Waals surface area contributed by atoms with E-state index in [9.17, 15) is 5.11 Å². The van der Waals surface area contributed by atoms with E-state index in [0.29, 0.717) is 6.61 Å². The molecule has 1 heterocycles. The molecule has 2 aromatic rings. The molecule has 0 aliphatic rings. The number of hydrogen-bond acceptors (Lipinski definition) is 4. The summed E-state index contributed by atoms with van der Waals surface area (Å²) in [4.78, 5) is 5.65. The van der Waals surface area contributed by atoms with Crippen LogP contribution < -0.4 is 4.74 Å². The van der Waals surface area contributed by atoms with Gasteiger partial charge in [-0.15, -0.1) is 11.3 Å². The van der Waals surface area contributed by atoms with Gasteiger partial charge in [0.15, 0.2) is 0 Å². The Labute approximate surface area is 117 Å². The lowest BCUT2D eigenvalue weighted by atomic mass is 10.3. The molecule has 0 amide bonds. The Morgan fingerprint density at radius 3 is 2.68 bits per heavy atom. The van der Waals surface area contributed by atoms with Gasteiger partial charge in [0.1, 0.15) is 5.75 Å². The Hall–Kier alpha value is -1.39. The minimum Gasteiger partial charge on any atom is -0.494 e. The average molecular weight is 277 g/mol. The Bertz CT molecular complexity index is 475. The van der Waals surface area contributed by atoms with Crippen LogP contribution in [-0.2, 0) is 19.4 Å². The third kappa shape index (κ3) is 4.04. The van der Waals surface area contributed by atoms with Crippen LogP contribution in [0.4, 0.5) is 0 Å². The van der Waals surface area contributed by atoms with Gasteiger partial charge in [-0.3, -0.25) is 0 Å². The molecule has 0 saturated carbocycles. The van der Waals surface area contributed by atoms with Crippen LogP contribution in [-0.4, -0.2) is 16.7 Å². The molecule has 1 aromatic heterocycles. The van der Waals surface area contributed by atoms with Crippen molar-refractivity contribution in [1.29, 1.82) is 0 Å². The second-order valence-corrected chi connectivity index (χ2v) is 5.42. The fourth-order valence-electron chi connectivity index (χ4n) is 1.87. The first-order valence-corrected chi connectivity index (χ1v) is 7.41. The van der Waals surface area contributed by atoms with E-state index in [-0.39, 0.29) is 6.61 Å². The molecule has 0 spiro atoms. The third-order valence-corrected chi connectivity index (χ3v) is 4.14. The van der Waals surface area contributed by atoms with Crippen LogP contribution in [0.2, 0.25) is 0 Å². The van der Waals surface area contributed by atoms with Crippen LogP contribution >= 0.6 is 11.3 Å². The summed E-state index contributed by atoms with van der Waals surface area (Å²) < 4.78 is 5.64. The largest absolute Gasteiger partial charge is 0.494 e. The molecule has 102 valence electrons. The van der Waals surface area contributed by atoms with E-state index in [0.717, 1.165) is 35.7 Å². The molecule has 0 saturated heterocycles. The number of nitrogens with zero attached hydrogens (tertiary/aromatic N) is 1. The van der Waals surface area contributed by atoms with E-state index in [4.69, 9.17) is 4.74 Å². The second-order valence-electron chi connectivity index (χ2n) is 4.25. The molecule has 0 radical (unpaired) electrons. The number of para-hydroxylation sites is 1. The Morgan fingerprint density at radius 1 is 1.26 bits per heavy atom. The number of ether oxygens (including phenoxy) is 1. The van der Waals surface area contributed by atoms with Crippen LogP contribution in [0.3, 0.4) is 0 Å². The lowest BCUT2D eigenvalue weighted by Crippen LogP contribution is -1.99. The van der Waals surface area contributed by atoms with Gasteiger partial charge < -0.3 is 9.84 Å². The normalized spacial score (nSPS) is 10.6. The van der Waals surface area contributed by atoms with Crippen LogP contribution in [0.15, 0.2) is 30.3 Å². The molecule has 3 nitrogen and oxygen atoms in total. The predicted octanol–water partition coefficient (Wildman–Crippen LogP) is 3.21. The Kier molecular flexibility index (Phi) is 5.36. The van der Waals surface area contributed by atoms with Crippen molar-refractivity contribution in [3.63, 3.8) is 0 Å². The molecular weight excluding hydrogens is 258 g/mol. The minimum atomic E-state index is 0.0419. The molecule has 0 fully saturated rings. The molecule has 0 bridgehead atoms. The topological polar surface area (TPSA) is 42.4 Å². The van der Waals surface area contributed by atoms with E-state index < -0.39 is 0 Å². The van der Waals surface area contributed by atoms with Gasteiger partial charge in [0.05, 0.1) is 23.9 Å². The van der Waals surface area contributed by atoms with Crippen molar-refractivity contribution in [1.82, 2.24) is 4.98 Å². The van der Waals surface area contributed by atoms with Crippen LogP contribution in [0.1, 0.15) is 28.9 Å². The zero-order valence-corrected chi connectivity index (χ0v) is 11.9. The summed E-state index contributed by atoms with van der Waals surface area (Å²) in [5.74, 6) is 0.909. The quantitative estimate of drug-likeness (QED) is 0.790. The van der Waals surface area contributed by atoms with E-state index in [1.807, 2.05) is 30.3 Å². The maximum absolute atomic E-state index is 9.20. The van der Waals surface area contributed by atoms with Crippen molar-refractivity contribution in [3.8, 4) is 5.75 Å². The maximum Gasteiger partial charge on any atom is 0.119 e. The molecule has 0 atom stereocenters. The summed E-state index contributed by atoms with van der Waals surface area (Å²) in [5.41, 5.74) is 0.839. The van der Waals surface area contributed by atoms with Gasteiger partial charge >= 0.3 is 0 Å². The van der Waals surface area contributed by atoms with Crippen molar-refractivity contribution < 1.29 is 9.84 Å². The van der Waals surface area contributed by atoms with Crippen LogP contribution in [0.5, 0.6) is 5.75 Å². The molecule has 4 heteroatoms. The number of aliphatic hydroxyl groups is 1. The summed E-state index contributed by atoms with van der Waals surface area (Å²) in [6.07, 6.45) is 2.79. The highest BCUT2D eigenvalue weighted by molar-refractivity contribution is 7.11. The first kappa shape index (κ1) is 14.0. The van der Waals surface area contributed by atoms with Gasteiger partial charge in [-0.1, -0.05) is 25.1 Å². The Balaban J connectivity index is 1.78. The molecule has 19 heavy (non-hydrogen) atoms. The number of rotatable bonds is 7. The third-order valence-electron chi connectivity index (χ3n) is 2.84. The predicted molar refractivity (Wildman–Crippen MR) is 77.7 cm³/mol. The average Bonchev–Trinajstić information content (AvgIpc) is 2.87. The molecule has 0 aliphatic carbocycles. The lowest BCUT2D eigenvalue weighted by Gasteiger charge is -2.04. The SMILES string of the molecule is CCc1sc(CCCOc2ccccc2)nc1CO. The van der Waals surface area contributed by atoms with Gasteiger partial charge in [0.25, 0.3) is 0 Å². The standard InChI is InChI=1S/C15H19NO2S/c1-2-14-13(11-17)16-15(19-14)9-6-10-18-12-7-4-3-5-8-12/h3-5,7-8,17H,2,6,9-11H2,1H3. The number of benzene rings is 1. The van der Waals surface area contributed by atoms with Crippen molar-refractivity contribution in [2.24, 2.45) is 0 Å². The van der Waals surface area contributed by atoms with E-state index >= 15 is 0 Å². The highest BCUT2D eigenvalue weighted by Crippen LogP contribution is 2.20. The fraction of sp³-hybridized carbons (Fsp3) is 0.400. The minimum absolute atomic E-state index is 0.0419. The zero-order valence-electron chi connectivity index (χ0n) is 11.1. The summed E-state index contributed by atoms with van der Waals surface area (Å²) in [6.45, 7) is 2.83. The lowest BCUT2D eigenvalue weighted by molar-refractivity contribution is 0.276. The molecular formula is C15H19NO2S. The summed E-state index contributed by atoms with van der Waals surface area (Å²) in [5, 5.41) is 10.3. The van der Waals surface area contributed by atoms with E-state index in [1.54, 1.807) is 11.3 Å².